The summed E-state index contributed by atoms with van der Waals surface area (Å²) in [7, 11) is 0. The lowest BCUT2D eigenvalue weighted by Gasteiger charge is -2.06. The van der Waals surface area contributed by atoms with E-state index < -0.39 is 0 Å². The Labute approximate surface area is 164 Å². The van der Waals surface area contributed by atoms with Gasteiger partial charge >= 0.3 is 0 Å². The zero-order valence-corrected chi connectivity index (χ0v) is 17.0. The van der Waals surface area contributed by atoms with Crippen molar-refractivity contribution in [2.45, 2.75) is 65.5 Å². The molecule has 2 aromatic carbocycles. The molecular formula is C25H34N2. The Hall–Kier alpha value is -2.06. The smallest absolute Gasteiger partial charge is 0.0486 e. The van der Waals surface area contributed by atoms with Crippen molar-refractivity contribution in [3.05, 3.63) is 71.4 Å². The summed E-state index contributed by atoms with van der Waals surface area (Å²) in [6.45, 7) is 7.44. The van der Waals surface area contributed by atoms with Gasteiger partial charge in [-0.1, -0.05) is 87.1 Å². The zero-order valence-electron chi connectivity index (χ0n) is 17.0. The maximum atomic E-state index is 3.66. The Balaban J connectivity index is 1.59. The predicted molar refractivity (Wildman–Crippen MR) is 117 cm³/mol. The Morgan fingerprint density at radius 3 is 2.56 bits per heavy atom. The van der Waals surface area contributed by atoms with E-state index in [4.69, 9.17) is 0 Å². The van der Waals surface area contributed by atoms with Crippen LogP contribution in [-0.2, 0) is 13.1 Å². The van der Waals surface area contributed by atoms with E-state index in [1.165, 1.54) is 66.1 Å². The number of hydrogen-bond acceptors (Lipinski definition) is 1. The molecule has 0 aliphatic rings. The molecule has 27 heavy (non-hydrogen) atoms. The van der Waals surface area contributed by atoms with Crippen molar-refractivity contribution in [3.8, 4) is 0 Å². The van der Waals surface area contributed by atoms with E-state index in [2.05, 4.69) is 78.5 Å². The molecule has 2 nitrogen and oxygen atoms in total. The lowest BCUT2D eigenvalue weighted by atomic mass is 10.1. The van der Waals surface area contributed by atoms with Crippen LogP contribution >= 0.6 is 0 Å². The van der Waals surface area contributed by atoms with Crippen LogP contribution in [0.1, 0.15) is 62.1 Å². The van der Waals surface area contributed by atoms with E-state index in [0.29, 0.717) is 0 Å². The average molecular weight is 363 g/mol. The molecule has 0 aliphatic heterocycles. The maximum absolute atomic E-state index is 3.66. The second kappa shape index (κ2) is 10.3. The van der Waals surface area contributed by atoms with Gasteiger partial charge in [0.25, 0.3) is 0 Å². The van der Waals surface area contributed by atoms with Crippen molar-refractivity contribution < 1.29 is 0 Å². The first-order chi connectivity index (χ1) is 13.3. The Kier molecular flexibility index (Phi) is 7.53. The van der Waals surface area contributed by atoms with Crippen LogP contribution in [0, 0.1) is 6.92 Å². The normalized spacial score (nSPS) is 11.3. The quantitative estimate of drug-likeness (QED) is 0.388. The van der Waals surface area contributed by atoms with Crippen molar-refractivity contribution >= 4 is 10.9 Å². The summed E-state index contributed by atoms with van der Waals surface area (Å²) in [4.78, 5) is 0. The predicted octanol–water partition coefficient (Wildman–Crippen LogP) is 6.45. The number of unbranched alkanes of at least 4 members (excludes halogenated alkanes) is 5. The van der Waals surface area contributed by atoms with E-state index in [-0.39, 0.29) is 0 Å². The van der Waals surface area contributed by atoms with Gasteiger partial charge < -0.3 is 9.88 Å². The van der Waals surface area contributed by atoms with Crippen LogP contribution in [0.3, 0.4) is 0 Å². The van der Waals surface area contributed by atoms with E-state index in [1.807, 2.05) is 0 Å². The molecule has 3 aromatic rings. The highest BCUT2D eigenvalue weighted by atomic mass is 15.0. The van der Waals surface area contributed by atoms with Gasteiger partial charge in [0.05, 0.1) is 0 Å². The minimum absolute atomic E-state index is 0.930. The van der Waals surface area contributed by atoms with Crippen molar-refractivity contribution in [1.29, 1.82) is 0 Å². The second-order valence-electron chi connectivity index (χ2n) is 7.73. The molecule has 0 spiro atoms. The molecule has 1 aromatic heterocycles. The molecule has 2 heteroatoms. The number of aryl methyl sites for hydroxylation is 1. The van der Waals surface area contributed by atoms with Crippen molar-refractivity contribution in [1.82, 2.24) is 9.88 Å². The highest BCUT2D eigenvalue weighted by Gasteiger charge is 2.08. The summed E-state index contributed by atoms with van der Waals surface area (Å²) < 4.78 is 2.39. The number of rotatable bonds is 11. The van der Waals surface area contributed by atoms with Crippen LogP contribution in [0.25, 0.3) is 10.9 Å². The number of hydrogen-bond donors (Lipinski definition) is 1. The van der Waals surface area contributed by atoms with Gasteiger partial charge in [-0.05, 0) is 37.1 Å². The van der Waals surface area contributed by atoms with Crippen LogP contribution in [0.5, 0.6) is 0 Å². The third kappa shape index (κ3) is 5.71. The van der Waals surface area contributed by atoms with Gasteiger partial charge in [-0.3, -0.25) is 0 Å². The van der Waals surface area contributed by atoms with Crippen molar-refractivity contribution in [3.63, 3.8) is 0 Å². The second-order valence-corrected chi connectivity index (χ2v) is 7.73. The van der Waals surface area contributed by atoms with Gasteiger partial charge in [0.15, 0.2) is 0 Å². The number of fused-ring (bicyclic) bond motifs is 1. The Morgan fingerprint density at radius 2 is 1.70 bits per heavy atom. The zero-order chi connectivity index (χ0) is 18.9. The Morgan fingerprint density at radius 1 is 0.889 bits per heavy atom. The van der Waals surface area contributed by atoms with Gasteiger partial charge in [-0.2, -0.15) is 0 Å². The van der Waals surface area contributed by atoms with Crippen LogP contribution in [0.2, 0.25) is 0 Å². The van der Waals surface area contributed by atoms with Gasteiger partial charge in [-0.25, -0.2) is 0 Å². The van der Waals surface area contributed by atoms with Crippen LogP contribution < -0.4 is 5.32 Å². The fraction of sp³-hybridized carbons (Fsp3) is 0.440. The molecule has 0 fully saturated rings. The molecule has 0 radical (unpaired) electrons. The largest absolute Gasteiger partial charge is 0.343 e. The van der Waals surface area contributed by atoms with Crippen molar-refractivity contribution in [2.24, 2.45) is 0 Å². The summed E-state index contributed by atoms with van der Waals surface area (Å²) in [5, 5.41) is 5.03. The molecule has 0 bridgehead atoms. The van der Waals surface area contributed by atoms with Crippen molar-refractivity contribution in [2.75, 3.05) is 6.54 Å². The minimum atomic E-state index is 0.930. The summed E-state index contributed by atoms with van der Waals surface area (Å²) in [6.07, 6.45) is 10.4. The topological polar surface area (TPSA) is 17.0 Å². The monoisotopic (exact) mass is 362 g/mol. The first-order valence-electron chi connectivity index (χ1n) is 10.6. The molecule has 1 N–H and O–H groups in total. The molecule has 1 heterocycles. The number of nitrogens with zero attached hydrogens (tertiary/aromatic N) is 1. The lowest BCUT2D eigenvalue weighted by Crippen LogP contribution is -2.14. The molecule has 144 valence electrons. The fourth-order valence-corrected chi connectivity index (χ4v) is 3.86. The third-order valence-electron chi connectivity index (χ3n) is 5.33. The summed E-state index contributed by atoms with van der Waals surface area (Å²) in [5.41, 5.74) is 5.42. The first kappa shape index (κ1) is 19.7. The SMILES string of the molecule is CCCCCCCCNCc1cn(Cc2cccc(C)c2)c2ccccc12. The van der Waals surface area contributed by atoms with Crippen LogP contribution in [-0.4, -0.2) is 11.1 Å². The summed E-state index contributed by atoms with van der Waals surface area (Å²) in [6, 6.07) is 17.6. The fourth-order valence-electron chi connectivity index (χ4n) is 3.86. The van der Waals surface area contributed by atoms with E-state index in [1.54, 1.807) is 0 Å². The molecule has 0 saturated heterocycles. The summed E-state index contributed by atoms with van der Waals surface area (Å²) in [5.74, 6) is 0. The average Bonchev–Trinajstić information content (AvgIpc) is 3.02. The number of nitrogens with one attached hydrogen (secondary N) is 1. The molecular weight excluding hydrogens is 328 g/mol. The van der Waals surface area contributed by atoms with Gasteiger partial charge in [-0.15, -0.1) is 0 Å². The molecule has 0 unspecified atom stereocenters. The van der Waals surface area contributed by atoms with Crippen LogP contribution in [0.4, 0.5) is 0 Å². The number of aromatic nitrogens is 1. The van der Waals surface area contributed by atoms with Gasteiger partial charge in [0.2, 0.25) is 0 Å². The van der Waals surface area contributed by atoms with E-state index >= 15 is 0 Å². The Bertz CT molecular complexity index is 831. The van der Waals surface area contributed by atoms with Gasteiger partial charge in [0.1, 0.15) is 0 Å². The molecule has 0 aliphatic carbocycles. The maximum Gasteiger partial charge on any atom is 0.0486 e. The van der Waals surface area contributed by atoms with Crippen LogP contribution in [0.15, 0.2) is 54.7 Å². The molecule has 0 saturated carbocycles. The highest BCUT2D eigenvalue weighted by Crippen LogP contribution is 2.22. The van der Waals surface area contributed by atoms with E-state index in [9.17, 15) is 0 Å². The third-order valence-corrected chi connectivity index (χ3v) is 5.33. The minimum Gasteiger partial charge on any atom is -0.343 e. The first-order valence-corrected chi connectivity index (χ1v) is 10.6. The molecule has 0 atom stereocenters. The summed E-state index contributed by atoms with van der Waals surface area (Å²) >= 11 is 0. The van der Waals surface area contributed by atoms with E-state index in [0.717, 1.165) is 19.6 Å². The number of para-hydroxylation sites is 1. The highest BCUT2D eigenvalue weighted by molar-refractivity contribution is 5.84. The molecule has 3 rings (SSSR count). The standard InChI is InChI=1S/C25H34N2/c1-3-4-5-6-7-10-16-26-18-23-20-27(25-15-9-8-14-24(23)25)19-22-13-11-12-21(2)17-22/h8-9,11-15,17,20,26H,3-7,10,16,18-19H2,1-2H3. The molecule has 0 amide bonds. The number of benzene rings is 2. The lowest BCUT2D eigenvalue weighted by molar-refractivity contribution is 0.572. The van der Waals surface area contributed by atoms with Gasteiger partial charge in [0, 0.05) is 30.2 Å².